The lowest BCUT2D eigenvalue weighted by Gasteiger charge is -2.14. The highest BCUT2D eigenvalue weighted by atomic mass is 35.5. The first kappa shape index (κ1) is 14.2. The Morgan fingerprint density at radius 3 is 2.19 bits per heavy atom. The average molecular weight is 295 g/mol. The van der Waals surface area contributed by atoms with Crippen LogP contribution in [0.25, 0.3) is 10.8 Å². The number of rotatable bonds is 3. The van der Waals surface area contributed by atoms with Gasteiger partial charge in [-0.2, -0.15) is 0 Å². The van der Waals surface area contributed by atoms with Gasteiger partial charge in [0.25, 0.3) is 0 Å². The van der Waals surface area contributed by atoms with Gasteiger partial charge in [-0.05, 0) is 47.7 Å². The summed E-state index contributed by atoms with van der Waals surface area (Å²) in [5, 5.41) is 2.56. The predicted octanol–water partition coefficient (Wildman–Crippen LogP) is 5.98. The van der Waals surface area contributed by atoms with Crippen molar-refractivity contribution in [3.63, 3.8) is 0 Å². The molecule has 0 amide bonds. The molecule has 1 unspecified atom stereocenters. The molecule has 21 heavy (non-hydrogen) atoms. The van der Waals surface area contributed by atoms with Crippen molar-refractivity contribution in [3.8, 4) is 0 Å². The summed E-state index contributed by atoms with van der Waals surface area (Å²) in [6.07, 6.45) is 0.856. The Morgan fingerprint density at radius 1 is 0.810 bits per heavy atom. The maximum Gasteiger partial charge on any atom is 0.0631 e. The van der Waals surface area contributed by atoms with Gasteiger partial charge >= 0.3 is 0 Å². The third-order valence-electron chi connectivity index (χ3n) is 4.05. The van der Waals surface area contributed by atoms with Crippen LogP contribution in [0.3, 0.4) is 0 Å². The number of halogens is 1. The normalized spacial score (nSPS) is 12.5. The van der Waals surface area contributed by atoms with Crippen LogP contribution in [-0.2, 0) is 6.42 Å². The van der Waals surface area contributed by atoms with Crippen LogP contribution in [0.4, 0.5) is 0 Å². The van der Waals surface area contributed by atoms with Crippen LogP contribution in [0, 0.1) is 13.8 Å². The third kappa shape index (κ3) is 2.96. The van der Waals surface area contributed by atoms with E-state index in [0.717, 1.165) is 6.42 Å². The van der Waals surface area contributed by atoms with E-state index in [1.165, 1.54) is 33.0 Å². The maximum absolute atomic E-state index is 6.71. The van der Waals surface area contributed by atoms with Gasteiger partial charge in [-0.25, -0.2) is 0 Å². The first-order valence-electron chi connectivity index (χ1n) is 7.33. The van der Waals surface area contributed by atoms with Crippen molar-refractivity contribution in [2.75, 3.05) is 0 Å². The van der Waals surface area contributed by atoms with Crippen LogP contribution < -0.4 is 0 Å². The minimum atomic E-state index is -0.00166. The van der Waals surface area contributed by atoms with E-state index in [0.29, 0.717) is 0 Å². The van der Waals surface area contributed by atoms with Crippen LogP contribution >= 0.6 is 11.6 Å². The van der Waals surface area contributed by atoms with Crippen molar-refractivity contribution in [2.24, 2.45) is 0 Å². The molecule has 0 saturated heterocycles. The van der Waals surface area contributed by atoms with Gasteiger partial charge in [-0.3, -0.25) is 0 Å². The van der Waals surface area contributed by atoms with E-state index in [-0.39, 0.29) is 5.38 Å². The van der Waals surface area contributed by atoms with Gasteiger partial charge < -0.3 is 0 Å². The topological polar surface area (TPSA) is 0 Å². The highest BCUT2D eigenvalue weighted by Gasteiger charge is 2.13. The first-order chi connectivity index (χ1) is 10.1. The van der Waals surface area contributed by atoms with Gasteiger partial charge in [0.05, 0.1) is 5.38 Å². The summed E-state index contributed by atoms with van der Waals surface area (Å²) in [5.74, 6) is 0. The second-order valence-electron chi connectivity index (χ2n) is 5.67. The zero-order valence-electron chi connectivity index (χ0n) is 12.4. The van der Waals surface area contributed by atoms with Crippen LogP contribution in [0.1, 0.15) is 27.6 Å². The summed E-state index contributed by atoms with van der Waals surface area (Å²) in [6, 6.07) is 21.5. The molecule has 0 radical (unpaired) electrons. The van der Waals surface area contributed by atoms with Crippen LogP contribution in [-0.4, -0.2) is 0 Å². The molecule has 0 aliphatic carbocycles. The van der Waals surface area contributed by atoms with Crippen molar-refractivity contribution in [1.29, 1.82) is 0 Å². The summed E-state index contributed by atoms with van der Waals surface area (Å²) in [4.78, 5) is 0. The third-order valence-corrected chi connectivity index (χ3v) is 4.44. The van der Waals surface area contributed by atoms with Gasteiger partial charge in [0.15, 0.2) is 0 Å². The average Bonchev–Trinajstić information content (AvgIpc) is 2.50. The highest BCUT2D eigenvalue weighted by molar-refractivity contribution is 6.22. The van der Waals surface area contributed by atoms with Crippen molar-refractivity contribution in [1.82, 2.24) is 0 Å². The number of hydrogen-bond donors (Lipinski definition) is 0. The molecule has 0 heterocycles. The Labute approximate surface area is 131 Å². The molecule has 0 bridgehead atoms. The summed E-state index contributed by atoms with van der Waals surface area (Å²) < 4.78 is 0. The van der Waals surface area contributed by atoms with E-state index in [1.54, 1.807) is 0 Å². The molecule has 0 aromatic heterocycles. The molecule has 1 heteroatoms. The van der Waals surface area contributed by atoms with Crippen LogP contribution in [0.2, 0.25) is 0 Å². The molecule has 0 aliphatic heterocycles. The zero-order chi connectivity index (χ0) is 14.8. The lowest BCUT2D eigenvalue weighted by Crippen LogP contribution is -1.98. The molecule has 0 saturated carbocycles. The fraction of sp³-hybridized carbons (Fsp3) is 0.200. The quantitative estimate of drug-likeness (QED) is 0.521. The van der Waals surface area contributed by atoms with Gasteiger partial charge in [0.1, 0.15) is 0 Å². The summed E-state index contributed by atoms with van der Waals surface area (Å²) in [5.41, 5.74) is 5.09. The lowest BCUT2D eigenvalue weighted by molar-refractivity contribution is 0.927. The SMILES string of the molecule is Cc1ccc(CC(Cl)c2ccc(C)c3ccccc23)cc1. The monoisotopic (exact) mass is 294 g/mol. The minimum absolute atomic E-state index is 0.00166. The Balaban J connectivity index is 1.96. The maximum atomic E-state index is 6.71. The molecule has 3 aromatic rings. The number of hydrogen-bond acceptors (Lipinski definition) is 0. The molecular weight excluding hydrogens is 276 g/mol. The molecule has 3 aromatic carbocycles. The highest BCUT2D eigenvalue weighted by Crippen LogP contribution is 2.32. The fourth-order valence-electron chi connectivity index (χ4n) is 2.79. The van der Waals surface area contributed by atoms with Crippen LogP contribution in [0.15, 0.2) is 60.7 Å². The largest absolute Gasteiger partial charge is 0.117 e. The smallest absolute Gasteiger partial charge is 0.0631 e. The molecule has 1 atom stereocenters. The van der Waals surface area contributed by atoms with Crippen molar-refractivity contribution in [3.05, 3.63) is 82.9 Å². The fourth-order valence-corrected chi connectivity index (χ4v) is 3.16. The number of alkyl halides is 1. The standard InChI is InChI=1S/C20H19Cl/c1-14-7-10-16(11-8-14)13-20(21)19-12-9-15(2)17-5-3-4-6-18(17)19/h3-12,20H,13H2,1-2H3. The Morgan fingerprint density at radius 2 is 1.48 bits per heavy atom. The molecule has 0 aliphatic rings. The Bertz CT molecular complexity index is 756. The molecule has 3 rings (SSSR count). The van der Waals surface area contributed by atoms with Crippen molar-refractivity contribution < 1.29 is 0 Å². The van der Waals surface area contributed by atoms with E-state index in [9.17, 15) is 0 Å². The summed E-state index contributed by atoms with van der Waals surface area (Å²) in [6.45, 7) is 4.25. The Hall–Kier alpha value is -1.79. The van der Waals surface area contributed by atoms with Crippen molar-refractivity contribution >= 4 is 22.4 Å². The molecule has 106 valence electrons. The lowest BCUT2D eigenvalue weighted by atomic mass is 9.95. The minimum Gasteiger partial charge on any atom is -0.117 e. The number of benzene rings is 3. The van der Waals surface area contributed by atoms with E-state index < -0.39 is 0 Å². The van der Waals surface area contributed by atoms with E-state index in [4.69, 9.17) is 11.6 Å². The number of aryl methyl sites for hydroxylation is 2. The molecule has 0 spiro atoms. The van der Waals surface area contributed by atoms with Crippen molar-refractivity contribution in [2.45, 2.75) is 25.6 Å². The molecule has 0 fully saturated rings. The van der Waals surface area contributed by atoms with Crippen LogP contribution in [0.5, 0.6) is 0 Å². The first-order valence-corrected chi connectivity index (χ1v) is 7.76. The summed E-state index contributed by atoms with van der Waals surface area (Å²) >= 11 is 6.71. The zero-order valence-corrected chi connectivity index (χ0v) is 13.2. The molecular formula is C20H19Cl. The van der Waals surface area contributed by atoms with Gasteiger partial charge in [-0.15, -0.1) is 11.6 Å². The van der Waals surface area contributed by atoms with E-state index in [2.05, 4.69) is 74.5 Å². The van der Waals surface area contributed by atoms with Gasteiger partial charge in [0, 0.05) is 0 Å². The molecule has 0 nitrogen and oxygen atoms in total. The second kappa shape index (κ2) is 5.91. The van der Waals surface area contributed by atoms with E-state index in [1.807, 2.05) is 0 Å². The second-order valence-corrected chi connectivity index (χ2v) is 6.20. The summed E-state index contributed by atoms with van der Waals surface area (Å²) in [7, 11) is 0. The van der Waals surface area contributed by atoms with E-state index >= 15 is 0 Å². The molecule has 0 N–H and O–H groups in total. The number of fused-ring (bicyclic) bond motifs is 1. The van der Waals surface area contributed by atoms with Gasteiger partial charge in [-0.1, -0.05) is 66.2 Å². The Kier molecular flexibility index (Phi) is 3.98. The predicted molar refractivity (Wildman–Crippen MR) is 92.2 cm³/mol. The van der Waals surface area contributed by atoms with Gasteiger partial charge in [0.2, 0.25) is 0 Å².